The van der Waals surface area contributed by atoms with E-state index in [0.29, 0.717) is 43.8 Å². The summed E-state index contributed by atoms with van der Waals surface area (Å²) in [5.41, 5.74) is 1.79. The lowest BCUT2D eigenvalue weighted by atomic mass is 9.95. The Bertz CT molecular complexity index is 768. The third-order valence-corrected chi connectivity index (χ3v) is 5.05. The largest absolute Gasteiger partial charge is 0.496 e. The SMILES string of the molecule is COc1ccccc1C(=O)N1CCC(C(=O)NCCc2ccccc2)CC1. The van der Waals surface area contributed by atoms with Gasteiger partial charge in [0.2, 0.25) is 5.91 Å². The summed E-state index contributed by atoms with van der Waals surface area (Å²) >= 11 is 0. The molecule has 1 fully saturated rings. The van der Waals surface area contributed by atoms with Crippen LogP contribution in [-0.4, -0.2) is 43.5 Å². The molecule has 0 saturated carbocycles. The summed E-state index contributed by atoms with van der Waals surface area (Å²) < 4.78 is 5.29. The van der Waals surface area contributed by atoms with E-state index < -0.39 is 0 Å². The predicted molar refractivity (Wildman–Crippen MR) is 105 cm³/mol. The van der Waals surface area contributed by atoms with E-state index in [9.17, 15) is 9.59 Å². The normalized spacial score (nSPS) is 14.6. The van der Waals surface area contributed by atoms with E-state index >= 15 is 0 Å². The molecular weight excluding hydrogens is 340 g/mol. The number of amides is 2. The van der Waals surface area contributed by atoms with Gasteiger partial charge in [0.05, 0.1) is 12.7 Å². The van der Waals surface area contributed by atoms with Gasteiger partial charge in [0.25, 0.3) is 5.91 Å². The molecule has 5 heteroatoms. The molecule has 142 valence electrons. The molecule has 0 bridgehead atoms. The van der Waals surface area contributed by atoms with Crippen LogP contribution in [0.15, 0.2) is 54.6 Å². The molecule has 3 rings (SSSR count). The van der Waals surface area contributed by atoms with Crippen molar-refractivity contribution >= 4 is 11.8 Å². The summed E-state index contributed by atoms with van der Waals surface area (Å²) in [6, 6.07) is 17.4. The maximum atomic E-state index is 12.7. The molecule has 1 N–H and O–H groups in total. The maximum Gasteiger partial charge on any atom is 0.257 e. The Morgan fingerprint density at radius 1 is 1.04 bits per heavy atom. The van der Waals surface area contributed by atoms with Crippen molar-refractivity contribution in [1.82, 2.24) is 10.2 Å². The van der Waals surface area contributed by atoms with E-state index in [1.807, 2.05) is 35.2 Å². The average Bonchev–Trinajstić information content (AvgIpc) is 2.74. The summed E-state index contributed by atoms with van der Waals surface area (Å²) in [6.07, 6.45) is 2.22. The minimum Gasteiger partial charge on any atom is -0.496 e. The Kier molecular flexibility index (Phi) is 6.47. The van der Waals surface area contributed by atoms with E-state index in [1.165, 1.54) is 5.56 Å². The lowest BCUT2D eigenvalue weighted by Gasteiger charge is -2.31. The van der Waals surface area contributed by atoms with Gasteiger partial charge >= 0.3 is 0 Å². The second-order valence-electron chi connectivity index (χ2n) is 6.79. The number of para-hydroxylation sites is 1. The van der Waals surface area contributed by atoms with Crippen LogP contribution in [0.2, 0.25) is 0 Å². The number of hydrogen-bond acceptors (Lipinski definition) is 3. The van der Waals surface area contributed by atoms with E-state index in [-0.39, 0.29) is 17.7 Å². The molecule has 0 aromatic heterocycles. The van der Waals surface area contributed by atoms with Crippen LogP contribution >= 0.6 is 0 Å². The molecule has 1 aliphatic heterocycles. The van der Waals surface area contributed by atoms with Gasteiger partial charge < -0.3 is 15.0 Å². The van der Waals surface area contributed by atoms with Gasteiger partial charge in [0, 0.05) is 25.6 Å². The molecule has 0 unspecified atom stereocenters. The number of hydrogen-bond donors (Lipinski definition) is 1. The van der Waals surface area contributed by atoms with Crippen molar-refractivity contribution in [3.05, 3.63) is 65.7 Å². The van der Waals surface area contributed by atoms with Crippen LogP contribution < -0.4 is 10.1 Å². The molecule has 0 radical (unpaired) electrons. The summed E-state index contributed by atoms with van der Waals surface area (Å²) in [5, 5.41) is 3.03. The molecule has 1 aliphatic rings. The number of nitrogens with one attached hydrogen (secondary N) is 1. The van der Waals surface area contributed by atoms with Gasteiger partial charge in [-0.15, -0.1) is 0 Å². The molecule has 2 aromatic rings. The number of nitrogens with zero attached hydrogens (tertiary/aromatic N) is 1. The van der Waals surface area contributed by atoms with Crippen LogP contribution in [0.1, 0.15) is 28.8 Å². The van der Waals surface area contributed by atoms with Gasteiger partial charge in [0.1, 0.15) is 5.75 Å². The van der Waals surface area contributed by atoms with Crippen molar-refractivity contribution in [3.63, 3.8) is 0 Å². The fraction of sp³-hybridized carbons (Fsp3) is 0.364. The van der Waals surface area contributed by atoms with Crippen molar-refractivity contribution in [3.8, 4) is 5.75 Å². The number of carbonyl (C=O) groups is 2. The van der Waals surface area contributed by atoms with Gasteiger partial charge in [-0.2, -0.15) is 0 Å². The number of ether oxygens (including phenoxy) is 1. The van der Waals surface area contributed by atoms with Crippen LogP contribution in [0, 0.1) is 5.92 Å². The minimum atomic E-state index is -0.0321. The molecule has 1 saturated heterocycles. The standard InChI is InChI=1S/C22H26N2O3/c1-27-20-10-6-5-9-19(20)22(26)24-15-12-18(13-16-24)21(25)23-14-11-17-7-3-2-4-8-17/h2-10,18H,11-16H2,1H3,(H,23,25). The Labute approximate surface area is 160 Å². The molecule has 5 nitrogen and oxygen atoms in total. The van der Waals surface area contributed by atoms with Gasteiger partial charge in [-0.05, 0) is 37.0 Å². The Hall–Kier alpha value is -2.82. The molecule has 2 amide bonds. The number of carbonyl (C=O) groups excluding carboxylic acids is 2. The fourth-order valence-corrected chi connectivity index (χ4v) is 3.46. The quantitative estimate of drug-likeness (QED) is 0.855. The smallest absolute Gasteiger partial charge is 0.257 e. The topological polar surface area (TPSA) is 58.6 Å². The average molecular weight is 366 g/mol. The first-order chi connectivity index (χ1) is 13.2. The number of piperidine rings is 1. The van der Waals surface area contributed by atoms with Crippen molar-refractivity contribution < 1.29 is 14.3 Å². The monoisotopic (exact) mass is 366 g/mol. The highest BCUT2D eigenvalue weighted by atomic mass is 16.5. The van der Waals surface area contributed by atoms with Crippen molar-refractivity contribution in [1.29, 1.82) is 0 Å². The van der Waals surface area contributed by atoms with Crippen LogP contribution in [-0.2, 0) is 11.2 Å². The van der Waals surface area contributed by atoms with E-state index in [2.05, 4.69) is 17.4 Å². The van der Waals surface area contributed by atoms with Crippen LogP contribution in [0.4, 0.5) is 0 Å². The van der Waals surface area contributed by atoms with E-state index in [0.717, 1.165) is 6.42 Å². The number of rotatable bonds is 6. The zero-order valence-corrected chi connectivity index (χ0v) is 15.7. The zero-order chi connectivity index (χ0) is 19.1. The second-order valence-corrected chi connectivity index (χ2v) is 6.79. The minimum absolute atomic E-state index is 0.0255. The highest BCUT2D eigenvalue weighted by Gasteiger charge is 2.28. The molecule has 0 spiro atoms. The molecule has 27 heavy (non-hydrogen) atoms. The molecule has 0 atom stereocenters. The summed E-state index contributed by atoms with van der Waals surface area (Å²) in [6.45, 7) is 1.82. The van der Waals surface area contributed by atoms with Gasteiger partial charge in [-0.25, -0.2) is 0 Å². The van der Waals surface area contributed by atoms with Crippen LogP contribution in [0.25, 0.3) is 0 Å². The highest BCUT2D eigenvalue weighted by Crippen LogP contribution is 2.23. The summed E-state index contributed by atoms with van der Waals surface area (Å²) in [7, 11) is 1.57. The first-order valence-electron chi connectivity index (χ1n) is 9.43. The number of benzene rings is 2. The highest BCUT2D eigenvalue weighted by molar-refractivity contribution is 5.97. The van der Waals surface area contributed by atoms with E-state index in [1.54, 1.807) is 19.2 Å². The van der Waals surface area contributed by atoms with Crippen molar-refractivity contribution in [2.75, 3.05) is 26.7 Å². The van der Waals surface area contributed by atoms with Gasteiger partial charge in [-0.3, -0.25) is 9.59 Å². The summed E-state index contributed by atoms with van der Waals surface area (Å²) in [5.74, 6) is 0.622. The Morgan fingerprint density at radius 3 is 2.41 bits per heavy atom. The first-order valence-corrected chi connectivity index (χ1v) is 9.43. The van der Waals surface area contributed by atoms with Gasteiger partial charge in [0.15, 0.2) is 0 Å². The third kappa shape index (κ3) is 4.88. The first kappa shape index (κ1) is 19.0. The van der Waals surface area contributed by atoms with Crippen LogP contribution in [0.3, 0.4) is 0 Å². The number of methoxy groups -OCH3 is 1. The van der Waals surface area contributed by atoms with Crippen LogP contribution in [0.5, 0.6) is 5.75 Å². The third-order valence-electron chi connectivity index (χ3n) is 5.05. The Balaban J connectivity index is 1.46. The lowest BCUT2D eigenvalue weighted by Crippen LogP contribution is -2.43. The lowest BCUT2D eigenvalue weighted by molar-refractivity contribution is -0.126. The molecule has 2 aromatic carbocycles. The molecule has 0 aliphatic carbocycles. The fourth-order valence-electron chi connectivity index (χ4n) is 3.46. The second kappa shape index (κ2) is 9.21. The van der Waals surface area contributed by atoms with Gasteiger partial charge in [-0.1, -0.05) is 42.5 Å². The zero-order valence-electron chi connectivity index (χ0n) is 15.7. The van der Waals surface area contributed by atoms with Crippen molar-refractivity contribution in [2.24, 2.45) is 5.92 Å². The molecule has 1 heterocycles. The predicted octanol–water partition coefficient (Wildman–Crippen LogP) is 2.91. The number of likely N-dealkylation sites (tertiary alicyclic amines) is 1. The van der Waals surface area contributed by atoms with E-state index in [4.69, 9.17) is 4.74 Å². The van der Waals surface area contributed by atoms with Crippen molar-refractivity contribution in [2.45, 2.75) is 19.3 Å². The molecular formula is C22H26N2O3. The summed E-state index contributed by atoms with van der Waals surface area (Å²) in [4.78, 5) is 26.9. The Morgan fingerprint density at radius 2 is 1.70 bits per heavy atom. The maximum absolute atomic E-state index is 12.7.